The molecule has 2 N–H and O–H groups in total. The molecule has 0 fully saturated rings. The second kappa shape index (κ2) is 8.49. The van der Waals surface area contributed by atoms with Gasteiger partial charge in [-0.15, -0.1) is 0 Å². The van der Waals surface area contributed by atoms with E-state index in [1.165, 1.54) is 12.8 Å². The van der Waals surface area contributed by atoms with Crippen LogP contribution in [0.25, 0.3) is 11.3 Å². The van der Waals surface area contributed by atoms with Gasteiger partial charge in [0.05, 0.1) is 11.8 Å². The summed E-state index contributed by atoms with van der Waals surface area (Å²) in [4.78, 5) is 18.4. The number of unbranched alkanes of at least 4 members (excludes halogenated alkanes) is 3. The van der Waals surface area contributed by atoms with Crippen molar-refractivity contribution in [3.63, 3.8) is 0 Å². The molecule has 0 spiro atoms. The number of nitrogens with one attached hydrogen (secondary N) is 1. The van der Waals surface area contributed by atoms with Gasteiger partial charge in [0.2, 0.25) is 0 Å². The highest BCUT2D eigenvalue weighted by Gasteiger charge is 2.09. The Hall–Kier alpha value is -1.94. The third-order valence-electron chi connectivity index (χ3n) is 3.72. The van der Waals surface area contributed by atoms with Crippen molar-refractivity contribution >= 4 is 0 Å². The van der Waals surface area contributed by atoms with E-state index in [9.17, 15) is 9.90 Å². The molecular formula is C18H24N2O2. The third kappa shape index (κ3) is 5.11. The molecular weight excluding hydrogens is 276 g/mol. The number of aromatic amines is 1. The molecule has 1 aromatic heterocycles. The van der Waals surface area contributed by atoms with Gasteiger partial charge < -0.3 is 10.1 Å². The number of hydrogen-bond donors (Lipinski definition) is 2. The first-order chi connectivity index (χ1) is 10.7. The Morgan fingerprint density at radius 1 is 1.18 bits per heavy atom. The third-order valence-corrected chi connectivity index (χ3v) is 3.72. The lowest BCUT2D eigenvalue weighted by Gasteiger charge is -2.11. The molecule has 4 heteroatoms. The van der Waals surface area contributed by atoms with Crippen LogP contribution in [0.4, 0.5) is 0 Å². The number of aliphatic hydroxyl groups is 1. The predicted octanol–water partition coefficient (Wildman–Crippen LogP) is 3.31. The summed E-state index contributed by atoms with van der Waals surface area (Å²) >= 11 is 0. The van der Waals surface area contributed by atoms with Gasteiger partial charge in [-0.05, 0) is 12.5 Å². The number of hydrogen-bond acceptors (Lipinski definition) is 3. The smallest absolute Gasteiger partial charge is 0.345 e. The molecule has 118 valence electrons. The van der Waals surface area contributed by atoms with Gasteiger partial charge in [-0.2, -0.15) is 4.98 Å². The normalized spacial score (nSPS) is 12.3. The highest BCUT2D eigenvalue weighted by atomic mass is 16.3. The molecule has 0 saturated heterocycles. The van der Waals surface area contributed by atoms with Crippen molar-refractivity contribution < 1.29 is 5.11 Å². The highest BCUT2D eigenvalue weighted by molar-refractivity contribution is 5.58. The summed E-state index contributed by atoms with van der Waals surface area (Å²) in [5.74, 6) is 0. The zero-order valence-corrected chi connectivity index (χ0v) is 13.1. The van der Waals surface area contributed by atoms with Gasteiger partial charge in [0.15, 0.2) is 0 Å². The maximum atomic E-state index is 11.7. The van der Waals surface area contributed by atoms with E-state index in [0.717, 1.165) is 30.5 Å². The van der Waals surface area contributed by atoms with Gasteiger partial charge in [0, 0.05) is 17.7 Å². The van der Waals surface area contributed by atoms with Crippen molar-refractivity contribution in [3.8, 4) is 11.3 Å². The van der Waals surface area contributed by atoms with Gasteiger partial charge in [-0.1, -0.05) is 62.9 Å². The molecule has 2 rings (SSSR count). The maximum absolute atomic E-state index is 11.7. The quantitative estimate of drug-likeness (QED) is 0.735. The monoisotopic (exact) mass is 300 g/mol. The standard InChI is InChI=1S/C18H24N2O2/c1-2-3-4-8-11-16(21)12-15-13-17(20-18(22)19-15)14-9-6-5-7-10-14/h5-7,9-10,13,16,21H,2-4,8,11-12H2,1H3,(H,19,20,22). The summed E-state index contributed by atoms with van der Waals surface area (Å²) in [6.45, 7) is 2.17. The van der Waals surface area contributed by atoms with Crippen molar-refractivity contribution in [3.05, 3.63) is 52.6 Å². The first kappa shape index (κ1) is 16.4. The zero-order chi connectivity index (χ0) is 15.8. The first-order valence-corrected chi connectivity index (χ1v) is 8.02. The van der Waals surface area contributed by atoms with Crippen LogP contribution in [-0.2, 0) is 6.42 Å². The number of benzene rings is 1. The molecule has 0 radical (unpaired) electrons. The predicted molar refractivity (Wildman–Crippen MR) is 88.8 cm³/mol. The van der Waals surface area contributed by atoms with Crippen LogP contribution in [-0.4, -0.2) is 21.2 Å². The number of aromatic nitrogens is 2. The van der Waals surface area contributed by atoms with Crippen molar-refractivity contribution in [1.82, 2.24) is 9.97 Å². The minimum atomic E-state index is -0.418. The summed E-state index contributed by atoms with van der Waals surface area (Å²) < 4.78 is 0. The Kier molecular flexibility index (Phi) is 6.34. The lowest BCUT2D eigenvalue weighted by Crippen LogP contribution is -2.18. The van der Waals surface area contributed by atoms with Crippen LogP contribution >= 0.6 is 0 Å². The molecule has 0 aliphatic heterocycles. The largest absolute Gasteiger partial charge is 0.393 e. The molecule has 4 nitrogen and oxygen atoms in total. The molecule has 0 amide bonds. The molecule has 0 aliphatic rings. The molecule has 0 bridgehead atoms. The molecule has 1 unspecified atom stereocenters. The van der Waals surface area contributed by atoms with E-state index in [-0.39, 0.29) is 5.69 Å². The summed E-state index contributed by atoms with van der Waals surface area (Å²) in [5.41, 5.74) is 1.93. The van der Waals surface area contributed by atoms with E-state index in [0.29, 0.717) is 12.1 Å². The van der Waals surface area contributed by atoms with E-state index in [2.05, 4.69) is 16.9 Å². The average molecular weight is 300 g/mol. The Labute approximate surface area is 131 Å². The van der Waals surface area contributed by atoms with Crippen molar-refractivity contribution in [2.45, 2.75) is 51.6 Å². The van der Waals surface area contributed by atoms with Crippen molar-refractivity contribution in [1.29, 1.82) is 0 Å². The van der Waals surface area contributed by atoms with Crippen LogP contribution in [0, 0.1) is 0 Å². The van der Waals surface area contributed by atoms with Crippen molar-refractivity contribution in [2.24, 2.45) is 0 Å². The van der Waals surface area contributed by atoms with Gasteiger partial charge in [-0.3, -0.25) is 0 Å². The van der Waals surface area contributed by atoms with Gasteiger partial charge >= 0.3 is 5.69 Å². The fourth-order valence-corrected chi connectivity index (χ4v) is 2.54. The van der Waals surface area contributed by atoms with Crippen LogP contribution in [0.2, 0.25) is 0 Å². The van der Waals surface area contributed by atoms with Crippen LogP contribution in [0.3, 0.4) is 0 Å². The molecule has 0 saturated carbocycles. The molecule has 22 heavy (non-hydrogen) atoms. The second-order valence-corrected chi connectivity index (χ2v) is 5.67. The fraction of sp³-hybridized carbons (Fsp3) is 0.444. The van der Waals surface area contributed by atoms with E-state index < -0.39 is 6.10 Å². The number of nitrogens with zero attached hydrogens (tertiary/aromatic N) is 1. The van der Waals surface area contributed by atoms with Crippen LogP contribution in [0.5, 0.6) is 0 Å². The van der Waals surface area contributed by atoms with Gasteiger partial charge in [0.1, 0.15) is 0 Å². The molecule has 1 aromatic carbocycles. The lowest BCUT2D eigenvalue weighted by atomic mass is 10.0. The fourth-order valence-electron chi connectivity index (χ4n) is 2.54. The van der Waals surface area contributed by atoms with E-state index >= 15 is 0 Å². The van der Waals surface area contributed by atoms with Gasteiger partial charge in [0.25, 0.3) is 0 Å². The Balaban J connectivity index is 2.02. The summed E-state index contributed by atoms with van der Waals surface area (Å²) in [5, 5.41) is 10.1. The minimum Gasteiger partial charge on any atom is -0.393 e. The maximum Gasteiger partial charge on any atom is 0.345 e. The second-order valence-electron chi connectivity index (χ2n) is 5.67. The molecule has 1 atom stereocenters. The first-order valence-electron chi connectivity index (χ1n) is 8.02. The SMILES string of the molecule is CCCCCCC(O)Cc1cc(-c2ccccc2)nc(=O)[nH]1. The number of H-pyrrole nitrogens is 1. The lowest BCUT2D eigenvalue weighted by molar-refractivity contribution is 0.159. The zero-order valence-electron chi connectivity index (χ0n) is 13.1. The molecule has 1 heterocycles. The Morgan fingerprint density at radius 3 is 2.68 bits per heavy atom. The molecule has 0 aliphatic carbocycles. The Bertz CT molecular complexity index is 622. The van der Waals surface area contributed by atoms with Crippen LogP contribution in [0.15, 0.2) is 41.2 Å². The van der Waals surface area contributed by atoms with Gasteiger partial charge in [-0.25, -0.2) is 4.79 Å². The van der Waals surface area contributed by atoms with E-state index in [1.54, 1.807) is 0 Å². The summed E-state index contributed by atoms with van der Waals surface area (Å²) in [7, 11) is 0. The number of rotatable bonds is 8. The summed E-state index contributed by atoms with van der Waals surface area (Å²) in [6.07, 6.45) is 5.38. The molecule has 2 aromatic rings. The van der Waals surface area contributed by atoms with E-state index in [1.807, 2.05) is 36.4 Å². The van der Waals surface area contributed by atoms with Crippen LogP contribution in [0.1, 0.15) is 44.7 Å². The number of aliphatic hydroxyl groups excluding tert-OH is 1. The average Bonchev–Trinajstić information content (AvgIpc) is 2.52. The summed E-state index contributed by atoms with van der Waals surface area (Å²) in [6, 6.07) is 11.5. The Morgan fingerprint density at radius 2 is 1.95 bits per heavy atom. The highest BCUT2D eigenvalue weighted by Crippen LogP contribution is 2.16. The van der Waals surface area contributed by atoms with E-state index in [4.69, 9.17) is 0 Å². The topological polar surface area (TPSA) is 66.0 Å². The van der Waals surface area contributed by atoms with Crippen molar-refractivity contribution in [2.75, 3.05) is 0 Å². The minimum absolute atomic E-state index is 0.366. The van der Waals surface area contributed by atoms with Crippen LogP contribution < -0.4 is 5.69 Å².